The Morgan fingerprint density at radius 2 is 2.26 bits per heavy atom. The van der Waals surface area contributed by atoms with Gasteiger partial charge in [-0.2, -0.15) is 4.31 Å². The number of morpholine rings is 1. The molecule has 0 radical (unpaired) electrons. The largest absolute Gasteiger partial charge is 0.380 e. The highest BCUT2D eigenvalue weighted by atomic mass is 32.2. The molecule has 2 aliphatic heterocycles. The third-order valence-electron chi connectivity index (χ3n) is 3.56. The van der Waals surface area contributed by atoms with Gasteiger partial charge >= 0.3 is 0 Å². The highest BCUT2D eigenvalue weighted by Gasteiger charge is 2.38. The fourth-order valence-corrected chi connectivity index (χ4v) is 4.98. The molecule has 1 aromatic heterocycles. The fraction of sp³-hybridized carbons (Fsp3) is 0.667. The molecule has 0 spiro atoms. The van der Waals surface area contributed by atoms with E-state index in [9.17, 15) is 8.42 Å². The average Bonchev–Trinajstić information content (AvgIpc) is 3.12. The Hall–Kier alpha value is -0.470. The number of hydrogen-bond acceptors (Lipinski definition) is 5. The molecule has 1 aromatic rings. The Morgan fingerprint density at radius 1 is 1.37 bits per heavy atom. The van der Waals surface area contributed by atoms with Gasteiger partial charge in [0.25, 0.3) is 0 Å². The van der Waals surface area contributed by atoms with E-state index in [-0.39, 0.29) is 11.4 Å². The lowest BCUT2D eigenvalue weighted by Crippen LogP contribution is -2.46. The van der Waals surface area contributed by atoms with Crippen molar-refractivity contribution in [1.82, 2.24) is 4.31 Å². The van der Waals surface area contributed by atoms with Crippen molar-refractivity contribution in [3.05, 3.63) is 22.4 Å². The Labute approximate surface area is 117 Å². The average molecular weight is 303 g/mol. The number of sulfonamides is 1. The summed E-state index contributed by atoms with van der Waals surface area (Å²) < 4.78 is 37.4. The van der Waals surface area contributed by atoms with Gasteiger partial charge in [-0.05, 0) is 17.9 Å². The van der Waals surface area contributed by atoms with Crippen molar-refractivity contribution in [2.24, 2.45) is 0 Å². The summed E-state index contributed by atoms with van der Waals surface area (Å²) >= 11 is 1.60. The quantitative estimate of drug-likeness (QED) is 0.843. The first-order valence-corrected chi connectivity index (χ1v) is 8.78. The Kier molecular flexibility index (Phi) is 3.91. The van der Waals surface area contributed by atoms with Crippen LogP contribution < -0.4 is 0 Å². The van der Waals surface area contributed by atoms with Gasteiger partial charge in [0.05, 0.1) is 13.2 Å². The monoisotopic (exact) mass is 303 g/mol. The SMILES string of the molecule is O=S(=O)(C1CCOC1)N1CCOC(c2cccs2)C1. The highest BCUT2D eigenvalue weighted by molar-refractivity contribution is 7.89. The van der Waals surface area contributed by atoms with Gasteiger partial charge in [0.1, 0.15) is 11.4 Å². The zero-order valence-corrected chi connectivity index (χ0v) is 12.2. The summed E-state index contributed by atoms with van der Waals surface area (Å²) in [7, 11) is -3.25. The van der Waals surface area contributed by atoms with Crippen molar-refractivity contribution in [2.45, 2.75) is 17.8 Å². The molecule has 0 amide bonds. The van der Waals surface area contributed by atoms with Gasteiger partial charge in [-0.3, -0.25) is 0 Å². The summed E-state index contributed by atoms with van der Waals surface area (Å²) in [5, 5.41) is 1.60. The van der Waals surface area contributed by atoms with Crippen molar-refractivity contribution >= 4 is 21.4 Å². The van der Waals surface area contributed by atoms with Crippen LogP contribution in [0.3, 0.4) is 0 Å². The van der Waals surface area contributed by atoms with E-state index >= 15 is 0 Å². The second-order valence-electron chi connectivity index (χ2n) is 4.76. The molecule has 0 aliphatic carbocycles. The summed E-state index contributed by atoms with van der Waals surface area (Å²) in [6.45, 7) is 2.18. The van der Waals surface area contributed by atoms with Crippen LogP contribution in [-0.2, 0) is 19.5 Å². The molecule has 2 aliphatic rings. The first-order chi connectivity index (χ1) is 9.18. The molecular weight excluding hydrogens is 286 g/mol. The van der Waals surface area contributed by atoms with Crippen molar-refractivity contribution in [2.75, 3.05) is 32.9 Å². The Bertz CT molecular complexity index is 508. The molecule has 0 saturated carbocycles. The van der Waals surface area contributed by atoms with Crippen molar-refractivity contribution in [1.29, 1.82) is 0 Å². The number of nitrogens with zero attached hydrogens (tertiary/aromatic N) is 1. The van der Waals surface area contributed by atoms with Crippen LogP contribution in [0.1, 0.15) is 17.4 Å². The van der Waals surface area contributed by atoms with Gasteiger partial charge in [-0.15, -0.1) is 11.3 Å². The van der Waals surface area contributed by atoms with Crippen LogP contribution in [0.5, 0.6) is 0 Å². The first kappa shape index (κ1) is 13.5. The fourth-order valence-electron chi connectivity index (χ4n) is 2.46. The van der Waals surface area contributed by atoms with Gasteiger partial charge in [0.15, 0.2) is 0 Å². The maximum absolute atomic E-state index is 12.5. The van der Waals surface area contributed by atoms with E-state index in [4.69, 9.17) is 9.47 Å². The van der Waals surface area contributed by atoms with Crippen molar-refractivity contribution in [3.63, 3.8) is 0 Å². The van der Waals surface area contributed by atoms with E-state index < -0.39 is 10.0 Å². The Balaban J connectivity index is 1.74. The topological polar surface area (TPSA) is 55.8 Å². The van der Waals surface area contributed by atoms with Crippen LogP contribution >= 0.6 is 11.3 Å². The lowest BCUT2D eigenvalue weighted by Gasteiger charge is -2.33. The van der Waals surface area contributed by atoms with Crippen LogP contribution in [0.25, 0.3) is 0 Å². The zero-order chi connectivity index (χ0) is 13.3. The second-order valence-corrected chi connectivity index (χ2v) is 7.96. The van der Waals surface area contributed by atoms with Gasteiger partial charge in [-0.1, -0.05) is 6.07 Å². The van der Waals surface area contributed by atoms with E-state index in [0.29, 0.717) is 39.3 Å². The van der Waals surface area contributed by atoms with E-state index in [0.717, 1.165) is 4.88 Å². The summed E-state index contributed by atoms with van der Waals surface area (Å²) in [4.78, 5) is 1.09. The van der Waals surface area contributed by atoms with Crippen LogP contribution in [0.4, 0.5) is 0 Å². The zero-order valence-electron chi connectivity index (χ0n) is 10.5. The Morgan fingerprint density at radius 3 is 2.95 bits per heavy atom. The second kappa shape index (κ2) is 5.49. The minimum absolute atomic E-state index is 0.133. The number of rotatable bonds is 3. The number of thiophene rings is 1. The van der Waals surface area contributed by atoms with Crippen LogP contribution in [0, 0.1) is 0 Å². The normalized spacial score (nSPS) is 29.7. The van der Waals surface area contributed by atoms with E-state index in [1.54, 1.807) is 15.6 Å². The van der Waals surface area contributed by atoms with Gasteiger partial charge in [0.2, 0.25) is 10.0 Å². The molecule has 3 heterocycles. The lowest BCUT2D eigenvalue weighted by molar-refractivity contribution is -0.000828. The molecule has 0 N–H and O–H groups in total. The van der Waals surface area contributed by atoms with Crippen molar-refractivity contribution < 1.29 is 17.9 Å². The molecule has 5 nitrogen and oxygen atoms in total. The smallest absolute Gasteiger partial charge is 0.219 e. The maximum Gasteiger partial charge on any atom is 0.219 e. The summed E-state index contributed by atoms with van der Waals surface area (Å²) in [5.74, 6) is 0. The summed E-state index contributed by atoms with van der Waals surface area (Å²) in [6, 6.07) is 3.95. The van der Waals surface area contributed by atoms with Crippen molar-refractivity contribution in [3.8, 4) is 0 Å². The predicted molar refractivity (Wildman–Crippen MR) is 72.7 cm³/mol. The van der Waals surface area contributed by atoms with Crippen LogP contribution in [-0.4, -0.2) is 50.9 Å². The third-order valence-corrected chi connectivity index (χ3v) is 6.79. The van der Waals surface area contributed by atoms with Gasteiger partial charge in [-0.25, -0.2) is 8.42 Å². The molecule has 2 saturated heterocycles. The molecule has 2 fully saturated rings. The molecule has 0 aromatic carbocycles. The number of ether oxygens (including phenoxy) is 2. The minimum atomic E-state index is -3.25. The molecule has 3 rings (SSSR count). The van der Waals surface area contributed by atoms with E-state index in [1.807, 2.05) is 17.5 Å². The first-order valence-electron chi connectivity index (χ1n) is 6.39. The summed E-state index contributed by atoms with van der Waals surface area (Å²) in [6.07, 6.45) is 0.467. The maximum atomic E-state index is 12.5. The van der Waals surface area contributed by atoms with Crippen LogP contribution in [0.2, 0.25) is 0 Å². The molecule has 106 valence electrons. The summed E-state index contributed by atoms with van der Waals surface area (Å²) in [5.41, 5.74) is 0. The molecule has 2 unspecified atom stereocenters. The highest BCUT2D eigenvalue weighted by Crippen LogP contribution is 2.29. The number of hydrogen-bond donors (Lipinski definition) is 0. The third kappa shape index (κ3) is 2.71. The molecule has 2 atom stereocenters. The molecule has 7 heteroatoms. The molecule has 0 bridgehead atoms. The van der Waals surface area contributed by atoms with Crippen LogP contribution in [0.15, 0.2) is 17.5 Å². The standard InChI is InChI=1S/C12H17NO4S2/c14-19(15,10-3-5-16-9-10)13-4-6-17-11(8-13)12-2-1-7-18-12/h1-2,7,10-11H,3-6,8-9H2. The minimum Gasteiger partial charge on any atom is -0.380 e. The molecule has 19 heavy (non-hydrogen) atoms. The predicted octanol–water partition coefficient (Wildman–Crippen LogP) is 1.24. The van der Waals surface area contributed by atoms with E-state index in [1.165, 1.54) is 0 Å². The van der Waals surface area contributed by atoms with Gasteiger partial charge < -0.3 is 9.47 Å². The van der Waals surface area contributed by atoms with E-state index in [2.05, 4.69) is 0 Å². The lowest BCUT2D eigenvalue weighted by atomic mass is 10.2. The molecular formula is C12H17NO4S2. The van der Waals surface area contributed by atoms with Gasteiger partial charge in [0, 0.05) is 24.6 Å².